The quantitative estimate of drug-likeness (QED) is 0.792. The minimum absolute atomic E-state index is 0.780. The zero-order valence-electron chi connectivity index (χ0n) is 11.0. The van der Waals surface area contributed by atoms with E-state index in [4.69, 9.17) is 5.73 Å². The third-order valence-corrected chi connectivity index (χ3v) is 2.72. The smallest absolute Gasteiger partial charge is 0.0301 e. The molecule has 17 heavy (non-hydrogen) atoms. The Morgan fingerprint density at radius 1 is 1.35 bits per heavy atom. The highest BCUT2D eigenvalue weighted by Gasteiger charge is 2.23. The van der Waals surface area contributed by atoms with Crippen molar-refractivity contribution in [2.45, 2.75) is 32.6 Å². The van der Waals surface area contributed by atoms with E-state index in [1.807, 2.05) is 13.8 Å². The summed E-state index contributed by atoms with van der Waals surface area (Å²) in [4.78, 5) is 4.00. The number of hydrogen-bond donors (Lipinski definition) is 1. The maximum atomic E-state index is 5.58. The summed E-state index contributed by atoms with van der Waals surface area (Å²) in [5.74, 6) is 0.780. The summed E-state index contributed by atoms with van der Waals surface area (Å²) in [6, 6.07) is 8.58. The first-order chi connectivity index (χ1) is 8.35. The van der Waals surface area contributed by atoms with E-state index < -0.39 is 0 Å². The first-order valence-corrected chi connectivity index (χ1v) is 6.29. The predicted molar refractivity (Wildman–Crippen MR) is 76.3 cm³/mol. The van der Waals surface area contributed by atoms with Gasteiger partial charge in [0.05, 0.1) is 0 Å². The van der Waals surface area contributed by atoms with E-state index in [1.165, 1.54) is 18.4 Å². The fourth-order valence-electron chi connectivity index (χ4n) is 1.74. The van der Waals surface area contributed by atoms with Gasteiger partial charge in [0.15, 0.2) is 0 Å². The Morgan fingerprint density at radius 3 is 2.59 bits per heavy atom. The molecule has 0 heterocycles. The van der Waals surface area contributed by atoms with Gasteiger partial charge in [0.2, 0.25) is 0 Å². The van der Waals surface area contributed by atoms with Crippen LogP contribution in [0.1, 0.15) is 43.7 Å². The van der Waals surface area contributed by atoms with Crippen LogP contribution in [0.15, 0.2) is 35.5 Å². The molecule has 0 unspecified atom stereocenters. The molecule has 0 bridgehead atoms. The first kappa shape index (κ1) is 13.5. The highest BCUT2D eigenvalue weighted by atomic mass is 14.6. The summed E-state index contributed by atoms with van der Waals surface area (Å²) in [7, 11) is 1.76. The van der Waals surface area contributed by atoms with Crippen LogP contribution in [-0.4, -0.2) is 13.3 Å². The zero-order valence-corrected chi connectivity index (χ0v) is 11.0. The van der Waals surface area contributed by atoms with Crippen LogP contribution in [0.5, 0.6) is 0 Å². The van der Waals surface area contributed by atoms with Crippen molar-refractivity contribution < 1.29 is 0 Å². The van der Waals surface area contributed by atoms with Gasteiger partial charge in [-0.2, -0.15) is 0 Å². The Kier molecular flexibility index (Phi) is 5.47. The van der Waals surface area contributed by atoms with E-state index in [-0.39, 0.29) is 0 Å². The zero-order chi connectivity index (χ0) is 12.7. The normalized spacial score (nSPS) is 15.6. The summed E-state index contributed by atoms with van der Waals surface area (Å²) in [5, 5.41) is 0. The second-order valence-corrected chi connectivity index (χ2v) is 3.91. The Morgan fingerprint density at radius 2 is 2.06 bits per heavy atom. The SMILES string of the molecule is CC.CN=C/C(=C\N)c1cccc(C2CC2)c1. The van der Waals surface area contributed by atoms with Crippen molar-refractivity contribution in [2.24, 2.45) is 10.7 Å². The lowest BCUT2D eigenvalue weighted by molar-refractivity contribution is 1.13. The van der Waals surface area contributed by atoms with Gasteiger partial charge in [-0.15, -0.1) is 0 Å². The Bertz CT molecular complexity index is 401. The maximum Gasteiger partial charge on any atom is 0.0301 e. The Balaban J connectivity index is 0.000000686. The standard InChI is InChI=1S/C13H16N2.C2H6/c1-15-9-13(8-14)12-4-2-3-11(7-12)10-5-6-10;1-2/h2-4,7-10H,5-6,14H2,1H3;1-2H3/b13-8+,15-9?;. The summed E-state index contributed by atoms with van der Waals surface area (Å²) in [6.45, 7) is 4.00. The summed E-state index contributed by atoms with van der Waals surface area (Å²) >= 11 is 0. The fraction of sp³-hybridized carbons (Fsp3) is 0.400. The molecule has 1 aliphatic carbocycles. The van der Waals surface area contributed by atoms with E-state index in [2.05, 4.69) is 29.3 Å². The lowest BCUT2D eigenvalue weighted by Gasteiger charge is -2.04. The van der Waals surface area contributed by atoms with Gasteiger partial charge in [-0.3, -0.25) is 4.99 Å². The summed E-state index contributed by atoms with van der Waals surface area (Å²) < 4.78 is 0. The van der Waals surface area contributed by atoms with E-state index in [0.29, 0.717) is 0 Å². The van der Waals surface area contributed by atoms with Crippen molar-refractivity contribution >= 4 is 11.8 Å². The lowest BCUT2D eigenvalue weighted by atomic mass is 10.0. The molecule has 1 saturated carbocycles. The highest BCUT2D eigenvalue weighted by molar-refractivity contribution is 6.09. The molecule has 1 aromatic rings. The second kappa shape index (κ2) is 6.89. The molecule has 2 nitrogen and oxygen atoms in total. The minimum atomic E-state index is 0.780. The molecular weight excluding hydrogens is 208 g/mol. The van der Waals surface area contributed by atoms with Gasteiger partial charge in [-0.25, -0.2) is 0 Å². The van der Waals surface area contributed by atoms with Crippen molar-refractivity contribution in [1.82, 2.24) is 0 Å². The molecule has 1 fully saturated rings. The number of nitrogens with two attached hydrogens (primary N) is 1. The maximum absolute atomic E-state index is 5.58. The van der Waals surface area contributed by atoms with Gasteiger partial charge < -0.3 is 5.73 Å². The van der Waals surface area contributed by atoms with Gasteiger partial charge in [0.25, 0.3) is 0 Å². The number of benzene rings is 1. The predicted octanol–water partition coefficient (Wildman–Crippen LogP) is 3.59. The van der Waals surface area contributed by atoms with E-state index in [0.717, 1.165) is 17.1 Å². The van der Waals surface area contributed by atoms with Gasteiger partial charge in [-0.05, 0) is 29.9 Å². The summed E-state index contributed by atoms with van der Waals surface area (Å²) in [6.07, 6.45) is 6.06. The van der Waals surface area contributed by atoms with Crippen LogP contribution in [-0.2, 0) is 0 Å². The fourth-order valence-corrected chi connectivity index (χ4v) is 1.74. The molecule has 0 radical (unpaired) electrons. The number of rotatable bonds is 3. The molecule has 0 aromatic heterocycles. The number of nitrogens with zero attached hydrogens (tertiary/aromatic N) is 1. The van der Waals surface area contributed by atoms with Crippen LogP contribution in [0.3, 0.4) is 0 Å². The molecule has 0 atom stereocenters. The third kappa shape index (κ3) is 3.74. The number of allylic oxidation sites excluding steroid dienone is 1. The van der Waals surface area contributed by atoms with Crippen LogP contribution in [0, 0.1) is 0 Å². The second-order valence-electron chi connectivity index (χ2n) is 3.91. The van der Waals surface area contributed by atoms with Crippen LogP contribution in [0.4, 0.5) is 0 Å². The molecule has 0 saturated heterocycles. The molecule has 2 N–H and O–H groups in total. The average molecular weight is 230 g/mol. The van der Waals surface area contributed by atoms with Crippen LogP contribution in [0.25, 0.3) is 5.57 Å². The van der Waals surface area contributed by atoms with Crippen molar-refractivity contribution in [3.63, 3.8) is 0 Å². The molecule has 2 heteroatoms. The Hall–Kier alpha value is -1.57. The number of hydrogen-bond acceptors (Lipinski definition) is 2. The molecule has 0 spiro atoms. The molecule has 0 aliphatic heterocycles. The van der Waals surface area contributed by atoms with Crippen molar-refractivity contribution in [2.75, 3.05) is 7.05 Å². The molecular formula is C15H22N2. The molecule has 92 valence electrons. The lowest BCUT2D eigenvalue weighted by Crippen LogP contribution is -1.92. The molecule has 1 aromatic carbocycles. The topological polar surface area (TPSA) is 38.4 Å². The van der Waals surface area contributed by atoms with E-state index in [9.17, 15) is 0 Å². The van der Waals surface area contributed by atoms with Crippen LogP contribution < -0.4 is 5.73 Å². The third-order valence-electron chi connectivity index (χ3n) is 2.72. The van der Waals surface area contributed by atoms with E-state index in [1.54, 1.807) is 19.5 Å². The Labute approximate surface area is 104 Å². The van der Waals surface area contributed by atoms with Crippen LogP contribution in [0.2, 0.25) is 0 Å². The first-order valence-electron chi connectivity index (χ1n) is 6.29. The molecule has 0 amide bonds. The van der Waals surface area contributed by atoms with Crippen molar-refractivity contribution in [1.29, 1.82) is 0 Å². The molecule has 2 rings (SSSR count). The monoisotopic (exact) mass is 230 g/mol. The van der Waals surface area contributed by atoms with Gasteiger partial charge in [0.1, 0.15) is 0 Å². The van der Waals surface area contributed by atoms with Gasteiger partial charge in [-0.1, -0.05) is 38.1 Å². The number of aliphatic imine (C=N–C) groups is 1. The average Bonchev–Trinajstić information content (AvgIpc) is 3.23. The molecule has 1 aliphatic rings. The van der Waals surface area contributed by atoms with Crippen molar-refractivity contribution in [3.8, 4) is 0 Å². The van der Waals surface area contributed by atoms with Gasteiger partial charge in [0, 0.05) is 25.0 Å². The summed E-state index contributed by atoms with van der Waals surface area (Å²) in [5.41, 5.74) is 9.15. The largest absolute Gasteiger partial charge is 0.404 e. The van der Waals surface area contributed by atoms with Crippen molar-refractivity contribution in [3.05, 3.63) is 41.6 Å². The van der Waals surface area contributed by atoms with Crippen LogP contribution >= 0.6 is 0 Å². The van der Waals surface area contributed by atoms with E-state index >= 15 is 0 Å². The van der Waals surface area contributed by atoms with Gasteiger partial charge >= 0.3 is 0 Å². The minimum Gasteiger partial charge on any atom is -0.404 e. The highest BCUT2D eigenvalue weighted by Crippen LogP contribution is 2.40.